The van der Waals surface area contributed by atoms with E-state index in [1.165, 1.54) is 6.08 Å². The van der Waals surface area contributed by atoms with Crippen molar-refractivity contribution in [2.75, 3.05) is 11.9 Å². The van der Waals surface area contributed by atoms with Crippen molar-refractivity contribution in [1.82, 2.24) is 10.3 Å². The van der Waals surface area contributed by atoms with Crippen molar-refractivity contribution in [2.24, 2.45) is 0 Å². The molecule has 0 atom stereocenters. The van der Waals surface area contributed by atoms with Gasteiger partial charge in [-0.25, -0.2) is 14.6 Å². The van der Waals surface area contributed by atoms with Crippen LogP contribution in [0.15, 0.2) is 48.3 Å². The quantitative estimate of drug-likeness (QED) is 0.815. The van der Waals surface area contributed by atoms with Gasteiger partial charge in [0, 0.05) is 17.7 Å². The van der Waals surface area contributed by atoms with Crippen LogP contribution in [0.1, 0.15) is 0 Å². The van der Waals surface area contributed by atoms with Crippen LogP contribution >= 0.6 is 0 Å². The van der Waals surface area contributed by atoms with Gasteiger partial charge in [-0.1, -0.05) is 24.3 Å². The molecule has 100 valence electrons. The third-order valence-corrected chi connectivity index (χ3v) is 2.84. The number of ether oxygens (including phenoxy) is 1. The molecule has 2 amide bonds. The molecule has 3 rings (SSSR count). The maximum atomic E-state index is 11.8. The number of aromatic nitrogens is 1. The summed E-state index contributed by atoms with van der Waals surface area (Å²) >= 11 is 0. The average molecular weight is 269 g/mol. The van der Waals surface area contributed by atoms with Gasteiger partial charge in [-0.15, -0.1) is 0 Å². The Morgan fingerprint density at radius 3 is 2.85 bits per heavy atom. The predicted octanol–water partition coefficient (Wildman–Crippen LogP) is 1.80. The van der Waals surface area contributed by atoms with Crippen LogP contribution in [-0.2, 0) is 9.53 Å². The van der Waals surface area contributed by atoms with Gasteiger partial charge in [0.05, 0.1) is 5.70 Å². The molecule has 0 spiro atoms. The van der Waals surface area contributed by atoms with E-state index in [1.54, 1.807) is 6.20 Å². The highest BCUT2D eigenvalue weighted by molar-refractivity contribution is 6.00. The Labute approximate surface area is 114 Å². The zero-order chi connectivity index (χ0) is 13.9. The molecular formula is C14H11N3O3. The summed E-state index contributed by atoms with van der Waals surface area (Å²) in [7, 11) is 0. The number of cyclic esters (lactones) is 1. The first-order valence-corrected chi connectivity index (χ1v) is 6.01. The van der Waals surface area contributed by atoms with Gasteiger partial charge in [0.15, 0.2) is 0 Å². The molecule has 6 nitrogen and oxygen atoms in total. The molecule has 2 N–H and O–H groups in total. The van der Waals surface area contributed by atoms with E-state index >= 15 is 0 Å². The van der Waals surface area contributed by atoms with Gasteiger partial charge >= 0.3 is 12.0 Å². The highest BCUT2D eigenvalue weighted by atomic mass is 16.5. The minimum absolute atomic E-state index is 0.0786. The molecular weight excluding hydrogens is 258 g/mol. The van der Waals surface area contributed by atoms with Gasteiger partial charge in [-0.05, 0) is 11.5 Å². The maximum Gasteiger partial charge on any atom is 0.333 e. The number of carbonyl (C=O) groups is 2. The number of esters is 1. The number of hydrogen-bond acceptors (Lipinski definition) is 4. The summed E-state index contributed by atoms with van der Waals surface area (Å²) in [5.74, 6) is 0.00928. The highest BCUT2D eigenvalue weighted by Crippen LogP contribution is 2.20. The fourth-order valence-corrected chi connectivity index (χ4v) is 1.95. The van der Waals surface area contributed by atoms with E-state index in [9.17, 15) is 9.59 Å². The molecule has 2 heterocycles. The molecule has 0 radical (unpaired) electrons. The Hall–Kier alpha value is -2.89. The van der Waals surface area contributed by atoms with Crippen molar-refractivity contribution < 1.29 is 14.3 Å². The van der Waals surface area contributed by atoms with Gasteiger partial charge in [0.1, 0.15) is 12.4 Å². The second kappa shape index (κ2) is 5.00. The number of hydrogen-bond donors (Lipinski definition) is 2. The number of fused-ring (bicyclic) bond motifs is 1. The Kier molecular flexibility index (Phi) is 3.04. The summed E-state index contributed by atoms with van der Waals surface area (Å²) in [6.45, 7) is 0.0786. The molecule has 2 aromatic rings. The SMILES string of the molecule is O=C(NC1=CC(=O)OC1)Nc1nccc2ccccc12. The molecule has 1 aliphatic rings. The number of benzene rings is 1. The third-order valence-electron chi connectivity index (χ3n) is 2.84. The Morgan fingerprint density at radius 1 is 1.20 bits per heavy atom. The number of amides is 2. The minimum atomic E-state index is -0.460. The van der Waals surface area contributed by atoms with Gasteiger partial charge < -0.3 is 10.1 Å². The summed E-state index contributed by atoms with van der Waals surface area (Å²) in [4.78, 5) is 26.9. The number of nitrogens with zero attached hydrogens (tertiary/aromatic N) is 1. The molecule has 1 aliphatic heterocycles. The molecule has 0 saturated heterocycles. The molecule has 0 bridgehead atoms. The molecule has 6 heteroatoms. The lowest BCUT2D eigenvalue weighted by molar-refractivity contribution is -0.134. The number of urea groups is 1. The molecule has 0 saturated carbocycles. The third kappa shape index (κ3) is 2.44. The zero-order valence-corrected chi connectivity index (χ0v) is 10.4. The van der Waals surface area contributed by atoms with E-state index < -0.39 is 12.0 Å². The number of anilines is 1. The zero-order valence-electron chi connectivity index (χ0n) is 10.4. The number of pyridine rings is 1. The Balaban J connectivity index is 1.78. The van der Waals surface area contributed by atoms with E-state index in [4.69, 9.17) is 4.74 Å². The minimum Gasteiger partial charge on any atom is -0.456 e. The van der Waals surface area contributed by atoms with Crippen molar-refractivity contribution >= 4 is 28.6 Å². The Morgan fingerprint density at radius 2 is 2.05 bits per heavy atom. The van der Waals surface area contributed by atoms with Crippen LogP contribution in [0.2, 0.25) is 0 Å². The molecule has 0 fully saturated rings. The van der Waals surface area contributed by atoms with Crippen molar-refractivity contribution in [3.63, 3.8) is 0 Å². The van der Waals surface area contributed by atoms with Crippen LogP contribution in [0.3, 0.4) is 0 Å². The molecule has 20 heavy (non-hydrogen) atoms. The van der Waals surface area contributed by atoms with E-state index in [0.717, 1.165) is 10.8 Å². The van der Waals surface area contributed by atoms with Crippen LogP contribution in [0.25, 0.3) is 10.8 Å². The van der Waals surface area contributed by atoms with Crippen molar-refractivity contribution in [2.45, 2.75) is 0 Å². The lowest BCUT2D eigenvalue weighted by atomic mass is 10.1. The highest BCUT2D eigenvalue weighted by Gasteiger charge is 2.15. The van der Waals surface area contributed by atoms with Gasteiger partial charge in [0.25, 0.3) is 0 Å². The summed E-state index contributed by atoms with van der Waals surface area (Å²) in [6, 6.07) is 9.01. The predicted molar refractivity (Wildman–Crippen MR) is 72.9 cm³/mol. The van der Waals surface area contributed by atoms with Gasteiger partial charge in [-0.2, -0.15) is 0 Å². The number of rotatable bonds is 2. The first kappa shape index (κ1) is 12.2. The second-order valence-corrected chi connectivity index (χ2v) is 4.24. The molecule has 0 unspecified atom stereocenters. The van der Waals surface area contributed by atoms with Crippen LogP contribution < -0.4 is 10.6 Å². The standard InChI is InChI=1S/C14H11N3O3/c18-12-7-10(8-20-12)16-14(19)17-13-11-4-2-1-3-9(11)5-6-15-13/h1-7H,8H2,(H2,15,16,17,19). The van der Waals surface area contributed by atoms with Crippen LogP contribution in [0.4, 0.5) is 10.6 Å². The Bertz CT molecular complexity index is 719. The smallest absolute Gasteiger partial charge is 0.333 e. The monoisotopic (exact) mass is 269 g/mol. The topological polar surface area (TPSA) is 80.3 Å². The van der Waals surface area contributed by atoms with Crippen molar-refractivity contribution in [3.8, 4) is 0 Å². The van der Waals surface area contributed by atoms with Gasteiger partial charge in [0.2, 0.25) is 0 Å². The second-order valence-electron chi connectivity index (χ2n) is 4.24. The van der Waals surface area contributed by atoms with E-state index in [0.29, 0.717) is 11.5 Å². The first-order valence-electron chi connectivity index (χ1n) is 6.01. The van der Waals surface area contributed by atoms with Crippen LogP contribution in [-0.4, -0.2) is 23.6 Å². The summed E-state index contributed by atoms with van der Waals surface area (Å²) in [5, 5.41) is 7.03. The lowest BCUT2D eigenvalue weighted by Crippen LogP contribution is -2.29. The van der Waals surface area contributed by atoms with E-state index in [-0.39, 0.29) is 6.61 Å². The number of carbonyl (C=O) groups excluding carboxylic acids is 2. The maximum absolute atomic E-state index is 11.8. The lowest BCUT2D eigenvalue weighted by Gasteiger charge is -2.08. The molecule has 1 aromatic heterocycles. The summed E-state index contributed by atoms with van der Waals surface area (Å²) in [6.07, 6.45) is 2.87. The average Bonchev–Trinajstić information content (AvgIpc) is 2.84. The normalized spacial score (nSPS) is 13.8. The van der Waals surface area contributed by atoms with E-state index in [2.05, 4.69) is 15.6 Å². The summed E-state index contributed by atoms with van der Waals surface area (Å²) < 4.78 is 4.70. The fourth-order valence-electron chi connectivity index (χ4n) is 1.95. The number of nitrogens with one attached hydrogen (secondary N) is 2. The van der Waals surface area contributed by atoms with Gasteiger partial charge in [-0.3, -0.25) is 5.32 Å². The van der Waals surface area contributed by atoms with Crippen molar-refractivity contribution in [3.05, 3.63) is 48.3 Å². The van der Waals surface area contributed by atoms with E-state index in [1.807, 2.05) is 30.3 Å². The first-order chi connectivity index (χ1) is 9.72. The summed E-state index contributed by atoms with van der Waals surface area (Å²) in [5.41, 5.74) is 0.424. The largest absolute Gasteiger partial charge is 0.456 e. The molecule has 0 aliphatic carbocycles. The van der Waals surface area contributed by atoms with Crippen LogP contribution in [0, 0.1) is 0 Å². The molecule has 1 aromatic carbocycles. The van der Waals surface area contributed by atoms with Crippen LogP contribution in [0.5, 0.6) is 0 Å². The van der Waals surface area contributed by atoms with Crippen molar-refractivity contribution in [1.29, 1.82) is 0 Å². The fraction of sp³-hybridized carbons (Fsp3) is 0.0714.